The largest absolute Gasteiger partial charge is 0.298 e. The van der Waals surface area contributed by atoms with Crippen molar-refractivity contribution in [1.29, 1.82) is 0 Å². The normalized spacial score (nSPS) is 12.5. The smallest absolute Gasteiger partial charge is 0.181 e. The second-order valence-electron chi connectivity index (χ2n) is 3.30. The summed E-state index contributed by atoms with van der Waals surface area (Å²) in [4.78, 5) is 10.5. The van der Waals surface area contributed by atoms with Gasteiger partial charge in [0.25, 0.3) is 0 Å². The van der Waals surface area contributed by atoms with Crippen LogP contribution in [0, 0.1) is 0 Å². The summed E-state index contributed by atoms with van der Waals surface area (Å²) in [5, 5.41) is 0.485. The Labute approximate surface area is 99.7 Å². The first-order chi connectivity index (χ1) is 7.45. The average Bonchev–Trinajstić information content (AvgIpc) is 2.26. The summed E-state index contributed by atoms with van der Waals surface area (Å²) in [6.45, 7) is 1.56. The number of aldehydes is 1. The molecule has 0 aliphatic rings. The molecule has 0 atom stereocenters. The third kappa shape index (κ3) is 3.47. The lowest BCUT2D eigenvalue weighted by Crippen LogP contribution is -2.05. The number of benzene rings is 1. The van der Waals surface area contributed by atoms with Crippen molar-refractivity contribution in [3.8, 4) is 0 Å². The molecule has 86 valence electrons. The zero-order chi connectivity index (χ0) is 12.2. The maximum absolute atomic E-state index is 11.8. The highest BCUT2D eigenvalue weighted by molar-refractivity contribution is 7.91. The van der Waals surface area contributed by atoms with E-state index in [1.807, 2.05) is 0 Å². The van der Waals surface area contributed by atoms with E-state index in [2.05, 4.69) is 0 Å². The molecule has 0 aromatic heterocycles. The van der Waals surface area contributed by atoms with Gasteiger partial charge in [-0.15, -0.1) is 0 Å². The van der Waals surface area contributed by atoms with Crippen molar-refractivity contribution >= 4 is 27.7 Å². The van der Waals surface area contributed by atoms with Crippen LogP contribution >= 0.6 is 11.6 Å². The maximum atomic E-state index is 11.8. The highest BCUT2D eigenvalue weighted by atomic mass is 35.5. The predicted molar refractivity (Wildman–Crippen MR) is 63.3 cm³/mol. The summed E-state index contributed by atoms with van der Waals surface area (Å²) >= 11 is 5.66. The van der Waals surface area contributed by atoms with Gasteiger partial charge in [0.1, 0.15) is 6.29 Å². The summed E-state index contributed by atoms with van der Waals surface area (Å²) in [7, 11) is -3.38. The van der Waals surface area contributed by atoms with Crippen molar-refractivity contribution in [2.45, 2.75) is 11.8 Å². The molecular weight excluding hydrogens is 248 g/mol. The second kappa shape index (κ2) is 5.27. The number of carbonyl (C=O) groups excluding carboxylic acids is 1. The van der Waals surface area contributed by atoms with Crippen molar-refractivity contribution in [3.63, 3.8) is 0 Å². The minimum Gasteiger partial charge on any atom is -0.298 e. The van der Waals surface area contributed by atoms with E-state index >= 15 is 0 Å². The van der Waals surface area contributed by atoms with E-state index in [0.717, 1.165) is 0 Å². The van der Waals surface area contributed by atoms with Gasteiger partial charge < -0.3 is 0 Å². The summed E-state index contributed by atoms with van der Waals surface area (Å²) < 4.78 is 23.5. The van der Waals surface area contributed by atoms with Crippen LogP contribution in [0.15, 0.2) is 40.8 Å². The molecule has 1 aromatic carbocycles. The van der Waals surface area contributed by atoms with Crippen LogP contribution in [0.5, 0.6) is 0 Å². The molecule has 0 aliphatic carbocycles. The van der Waals surface area contributed by atoms with E-state index in [-0.39, 0.29) is 10.6 Å². The number of rotatable bonds is 4. The van der Waals surface area contributed by atoms with Crippen LogP contribution in [0.1, 0.15) is 6.92 Å². The highest BCUT2D eigenvalue weighted by Gasteiger charge is 2.12. The van der Waals surface area contributed by atoms with E-state index in [0.29, 0.717) is 16.9 Å². The molecule has 0 radical (unpaired) electrons. The quantitative estimate of drug-likeness (QED) is 0.615. The summed E-state index contributed by atoms with van der Waals surface area (Å²) in [6.07, 6.45) is 2.01. The minimum atomic E-state index is -3.38. The number of carbonyl (C=O) groups is 1. The number of allylic oxidation sites excluding steroid dienone is 1. The van der Waals surface area contributed by atoms with Gasteiger partial charge >= 0.3 is 0 Å². The predicted octanol–water partition coefficient (Wildman–Crippen LogP) is 2.26. The molecule has 0 amide bonds. The van der Waals surface area contributed by atoms with Crippen molar-refractivity contribution in [2.24, 2.45) is 0 Å². The van der Waals surface area contributed by atoms with Crippen LogP contribution in [0.3, 0.4) is 0 Å². The average molecular weight is 259 g/mol. The van der Waals surface area contributed by atoms with Gasteiger partial charge in [-0.2, -0.15) is 0 Å². The Bertz CT molecular complexity index is 501. The molecule has 16 heavy (non-hydrogen) atoms. The van der Waals surface area contributed by atoms with E-state index in [1.54, 1.807) is 6.92 Å². The minimum absolute atomic E-state index is 0.181. The van der Waals surface area contributed by atoms with Crippen molar-refractivity contribution in [3.05, 3.63) is 40.9 Å². The number of hydrogen-bond acceptors (Lipinski definition) is 3. The number of sulfone groups is 1. The first kappa shape index (κ1) is 12.9. The third-order valence-corrected chi connectivity index (χ3v) is 3.83. The lowest BCUT2D eigenvalue weighted by Gasteiger charge is -2.01. The lowest BCUT2D eigenvalue weighted by atomic mass is 10.3. The molecule has 5 heteroatoms. The first-order valence-corrected chi connectivity index (χ1v) is 6.59. The number of hydrogen-bond donors (Lipinski definition) is 0. The second-order valence-corrected chi connectivity index (χ2v) is 5.77. The highest BCUT2D eigenvalue weighted by Crippen LogP contribution is 2.15. The monoisotopic (exact) mass is 258 g/mol. The molecule has 0 N–H and O–H groups in total. The Morgan fingerprint density at radius 3 is 2.38 bits per heavy atom. The van der Waals surface area contributed by atoms with E-state index in [4.69, 9.17) is 11.6 Å². The molecule has 0 bridgehead atoms. The van der Waals surface area contributed by atoms with Gasteiger partial charge in [0.2, 0.25) is 0 Å². The molecule has 0 unspecified atom stereocenters. The zero-order valence-electron chi connectivity index (χ0n) is 8.68. The Morgan fingerprint density at radius 1 is 1.31 bits per heavy atom. The molecule has 0 saturated carbocycles. The molecule has 3 nitrogen and oxygen atoms in total. The van der Waals surface area contributed by atoms with Crippen molar-refractivity contribution < 1.29 is 13.2 Å². The van der Waals surface area contributed by atoms with Crippen LogP contribution in [-0.2, 0) is 14.6 Å². The summed E-state index contributed by atoms with van der Waals surface area (Å²) in [5.74, 6) is -0.181. The Balaban J connectivity index is 2.95. The molecule has 1 aromatic rings. The van der Waals surface area contributed by atoms with E-state index in [1.165, 1.54) is 30.3 Å². The molecule has 0 aliphatic heterocycles. The summed E-state index contributed by atoms with van der Waals surface area (Å²) in [6, 6.07) is 5.93. The van der Waals surface area contributed by atoms with Gasteiger partial charge in [-0.05, 0) is 36.8 Å². The van der Waals surface area contributed by atoms with E-state index in [9.17, 15) is 13.2 Å². The molecule has 0 spiro atoms. The van der Waals surface area contributed by atoms with Crippen LogP contribution in [-0.4, -0.2) is 20.5 Å². The topological polar surface area (TPSA) is 51.2 Å². The third-order valence-electron chi connectivity index (χ3n) is 1.98. The zero-order valence-corrected chi connectivity index (χ0v) is 10.3. The van der Waals surface area contributed by atoms with Crippen LogP contribution in [0.4, 0.5) is 0 Å². The van der Waals surface area contributed by atoms with Crippen molar-refractivity contribution in [1.82, 2.24) is 0 Å². The maximum Gasteiger partial charge on any atom is 0.181 e. The van der Waals surface area contributed by atoms with E-state index < -0.39 is 9.84 Å². The molecule has 0 saturated heterocycles. The van der Waals surface area contributed by atoms with Crippen LogP contribution in [0.2, 0.25) is 5.02 Å². The van der Waals surface area contributed by atoms with Gasteiger partial charge in [-0.1, -0.05) is 17.7 Å². The fraction of sp³-hybridized carbons (Fsp3) is 0.182. The van der Waals surface area contributed by atoms with Gasteiger partial charge in [0, 0.05) is 5.02 Å². The number of halogens is 1. The van der Waals surface area contributed by atoms with Gasteiger partial charge in [0.15, 0.2) is 9.84 Å². The fourth-order valence-electron chi connectivity index (χ4n) is 1.03. The lowest BCUT2D eigenvalue weighted by molar-refractivity contribution is -0.104. The Kier molecular flexibility index (Phi) is 4.26. The fourth-order valence-corrected chi connectivity index (χ4v) is 2.38. The molecule has 0 heterocycles. The van der Waals surface area contributed by atoms with Crippen LogP contribution < -0.4 is 0 Å². The Morgan fingerprint density at radius 2 is 1.88 bits per heavy atom. The Hall–Kier alpha value is -1.13. The van der Waals surface area contributed by atoms with Gasteiger partial charge in [-0.3, -0.25) is 4.79 Å². The van der Waals surface area contributed by atoms with Gasteiger partial charge in [0.05, 0.1) is 10.6 Å². The van der Waals surface area contributed by atoms with Gasteiger partial charge in [-0.25, -0.2) is 8.42 Å². The summed E-state index contributed by atoms with van der Waals surface area (Å²) in [5.41, 5.74) is 0.400. The standard InChI is InChI=1S/C11H11ClO3S/c1-9(8-13)6-7-16(14,15)11-4-2-10(12)3-5-11/h2-6,8H,7H2,1H3/b9-6+. The first-order valence-electron chi connectivity index (χ1n) is 4.56. The molecule has 1 rings (SSSR count). The van der Waals surface area contributed by atoms with Crippen LogP contribution in [0.25, 0.3) is 0 Å². The molecule has 0 fully saturated rings. The molecular formula is C11H11ClO3S. The van der Waals surface area contributed by atoms with Crippen molar-refractivity contribution in [2.75, 3.05) is 5.75 Å². The SMILES string of the molecule is C/C(C=O)=C\CS(=O)(=O)c1ccc(Cl)cc1.